The van der Waals surface area contributed by atoms with Crippen molar-refractivity contribution in [2.75, 3.05) is 33.0 Å². The van der Waals surface area contributed by atoms with E-state index in [-0.39, 0.29) is 56.5 Å². The Bertz CT molecular complexity index is 824. The van der Waals surface area contributed by atoms with Crippen molar-refractivity contribution in [3.8, 4) is 0 Å². The first-order valence-electron chi connectivity index (χ1n) is 15.7. The monoisotopic (exact) mass is 672 g/mol. The molecule has 0 bridgehead atoms. The largest absolute Gasteiger partial charge is 0.396 e. The summed E-state index contributed by atoms with van der Waals surface area (Å²) in [7, 11) is 0. The fourth-order valence-corrected chi connectivity index (χ4v) is 4.21. The van der Waals surface area contributed by atoms with Crippen LogP contribution in [0.15, 0.2) is 0 Å². The fraction of sp³-hybridized carbons (Fsp3) is 0.897. The minimum Gasteiger partial charge on any atom is -0.396 e. The van der Waals surface area contributed by atoms with Crippen molar-refractivity contribution in [1.82, 2.24) is 10.6 Å². The van der Waals surface area contributed by atoms with E-state index in [9.17, 15) is 55.2 Å². The van der Waals surface area contributed by atoms with Crippen molar-refractivity contribution in [2.45, 2.75) is 133 Å². The third-order valence-electron chi connectivity index (χ3n) is 7.16. The molecule has 9 atom stereocenters. The van der Waals surface area contributed by atoms with Gasteiger partial charge in [-0.05, 0) is 64.7 Å². The summed E-state index contributed by atoms with van der Waals surface area (Å²) in [5.41, 5.74) is 0. The van der Waals surface area contributed by atoms with Crippen LogP contribution < -0.4 is 10.6 Å². The normalized spacial score (nSPS) is 17.6. The van der Waals surface area contributed by atoms with Crippen LogP contribution in [0.3, 0.4) is 0 Å². The number of unbranched alkanes of at least 4 members (excludes halogenated alkanes) is 3. The number of carbonyl (C=O) groups is 3. The zero-order chi connectivity index (χ0) is 35.1. The lowest BCUT2D eigenvalue weighted by Gasteiger charge is -2.26. The number of ether oxygens (including phenoxy) is 2. The molecule has 9 unspecified atom stereocenters. The zero-order valence-corrected chi connectivity index (χ0v) is 26.5. The van der Waals surface area contributed by atoms with Gasteiger partial charge in [-0.15, -0.1) is 0 Å². The molecule has 17 heteroatoms. The van der Waals surface area contributed by atoms with Gasteiger partial charge in [0.15, 0.2) is 18.4 Å². The number of ketones is 1. The van der Waals surface area contributed by atoms with Gasteiger partial charge in [0.05, 0.1) is 18.2 Å². The topological polar surface area (TPSA) is 296 Å². The second kappa shape index (κ2) is 26.1. The molecule has 0 aromatic heterocycles. The van der Waals surface area contributed by atoms with Gasteiger partial charge in [0.1, 0.15) is 24.4 Å². The van der Waals surface area contributed by atoms with Gasteiger partial charge in [-0.25, -0.2) is 0 Å². The van der Waals surface area contributed by atoms with E-state index in [0.29, 0.717) is 51.5 Å². The molecule has 0 fully saturated rings. The summed E-state index contributed by atoms with van der Waals surface area (Å²) >= 11 is 0. The zero-order valence-electron chi connectivity index (χ0n) is 26.5. The number of nitrogens with one attached hydrogen (secondary N) is 2. The Balaban J connectivity index is 4.07. The molecule has 0 saturated carbocycles. The predicted molar refractivity (Wildman–Crippen MR) is 161 cm³/mol. The molecule has 0 spiro atoms. The SMILES string of the molecule is CC(=O)C(CCCCNC(=O)CCCCOC(O)C(O)C(O)C(O)CCO)NC(=O)CCCCOC(O)C(O)C(O)C(O)CCO. The lowest BCUT2D eigenvalue weighted by Crippen LogP contribution is -2.45. The molecule has 0 radical (unpaired) electrons. The standard InChI is InChI=1S/C29H56N2O15/c1-18(34)19(31-23(38)10-4-7-17-46-29(44)27(42)25(40)21(36)12-15-33)8-2-5-13-30-22(37)9-3-6-16-45-28(43)26(41)24(39)20(35)11-14-32/h19-21,24-29,32-33,35-36,39-44H,2-17H2,1H3,(H,30,37)(H,31,38). The van der Waals surface area contributed by atoms with E-state index in [2.05, 4.69) is 10.6 Å². The number of aliphatic hydroxyl groups is 10. The van der Waals surface area contributed by atoms with E-state index in [0.717, 1.165) is 0 Å². The lowest BCUT2D eigenvalue weighted by molar-refractivity contribution is -0.203. The Morgan fingerprint density at radius 1 is 0.587 bits per heavy atom. The van der Waals surface area contributed by atoms with Crippen LogP contribution in [0, 0.1) is 0 Å². The van der Waals surface area contributed by atoms with Crippen LogP contribution in [0.1, 0.15) is 77.6 Å². The second-order valence-electron chi connectivity index (χ2n) is 11.1. The van der Waals surface area contributed by atoms with E-state index in [1.165, 1.54) is 6.92 Å². The average molecular weight is 673 g/mol. The summed E-state index contributed by atoms with van der Waals surface area (Å²) in [4.78, 5) is 36.3. The second-order valence-corrected chi connectivity index (χ2v) is 11.1. The van der Waals surface area contributed by atoms with E-state index in [1.54, 1.807) is 0 Å². The van der Waals surface area contributed by atoms with Crippen molar-refractivity contribution in [2.24, 2.45) is 0 Å². The van der Waals surface area contributed by atoms with Gasteiger partial charge < -0.3 is 71.2 Å². The number of carbonyl (C=O) groups excluding carboxylic acids is 3. The van der Waals surface area contributed by atoms with Gasteiger partial charge >= 0.3 is 0 Å². The lowest BCUT2D eigenvalue weighted by atomic mass is 10.1. The molecular formula is C29H56N2O15. The van der Waals surface area contributed by atoms with E-state index in [1.807, 2.05) is 0 Å². The molecule has 272 valence electrons. The molecule has 0 rings (SSSR count). The summed E-state index contributed by atoms with van der Waals surface area (Å²) in [6, 6.07) is -0.684. The van der Waals surface area contributed by atoms with Crippen molar-refractivity contribution in [3.63, 3.8) is 0 Å². The first-order valence-corrected chi connectivity index (χ1v) is 15.7. The van der Waals surface area contributed by atoms with Crippen LogP contribution in [0.25, 0.3) is 0 Å². The Morgan fingerprint density at radius 3 is 1.48 bits per heavy atom. The van der Waals surface area contributed by atoms with Crippen LogP contribution in [-0.4, -0.2) is 157 Å². The molecule has 0 aliphatic heterocycles. The summed E-state index contributed by atoms with van der Waals surface area (Å²) in [5, 5.41) is 101. The highest BCUT2D eigenvalue weighted by Gasteiger charge is 2.31. The molecule has 46 heavy (non-hydrogen) atoms. The van der Waals surface area contributed by atoms with E-state index in [4.69, 9.17) is 19.7 Å². The average Bonchev–Trinajstić information content (AvgIpc) is 3.01. The third-order valence-corrected chi connectivity index (χ3v) is 7.16. The Kier molecular flexibility index (Phi) is 25.1. The van der Waals surface area contributed by atoms with E-state index < -0.39 is 68.5 Å². The first-order chi connectivity index (χ1) is 21.8. The molecule has 0 aromatic carbocycles. The molecule has 0 aromatic rings. The van der Waals surface area contributed by atoms with Crippen LogP contribution in [0.2, 0.25) is 0 Å². The van der Waals surface area contributed by atoms with Gasteiger partial charge in [-0.1, -0.05) is 0 Å². The molecule has 12 N–H and O–H groups in total. The number of amides is 2. The third kappa shape index (κ3) is 19.7. The summed E-state index contributed by atoms with van der Waals surface area (Å²) in [5.74, 6) is -0.769. The van der Waals surface area contributed by atoms with Crippen LogP contribution in [0.5, 0.6) is 0 Å². The summed E-state index contributed by atoms with van der Waals surface area (Å²) in [6.07, 6.45) is -10.4. The number of rotatable bonds is 29. The van der Waals surface area contributed by atoms with Crippen LogP contribution in [-0.2, 0) is 23.9 Å². The van der Waals surface area contributed by atoms with Gasteiger partial charge in [-0.3, -0.25) is 14.4 Å². The smallest absolute Gasteiger partial charge is 0.220 e. The van der Waals surface area contributed by atoms with Gasteiger partial charge in [0.2, 0.25) is 11.8 Å². The summed E-state index contributed by atoms with van der Waals surface area (Å²) in [6.45, 7) is 0.874. The quantitative estimate of drug-likeness (QED) is 0.0269. The number of Topliss-reactive ketones (excluding diaryl/α,β-unsaturated/α-hetero) is 1. The van der Waals surface area contributed by atoms with Crippen LogP contribution in [0.4, 0.5) is 0 Å². The van der Waals surface area contributed by atoms with Crippen molar-refractivity contribution in [3.05, 3.63) is 0 Å². The molecule has 2 amide bonds. The Labute approximate surface area is 269 Å². The van der Waals surface area contributed by atoms with E-state index >= 15 is 0 Å². The molecule has 0 aliphatic carbocycles. The predicted octanol–water partition coefficient (Wildman–Crippen LogP) is -3.71. The van der Waals surface area contributed by atoms with Crippen molar-refractivity contribution < 1.29 is 74.9 Å². The van der Waals surface area contributed by atoms with Crippen molar-refractivity contribution in [1.29, 1.82) is 0 Å². The first kappa shape index (κ1) is 44.1. The molecule has 0 aliphatic rings. The number of aliphatic hydroxyl groups excluding tert-OH is 10. The molecular weight excluding hydrogens is 616 g/mol. The minimum absolute atomic E-state index is 0.00294. The molecule has 17 nitrogen and oxygen atoms in total. The Morgan fingerprint density at radius 2 is 1.04 bits per heavy atom. The highest BCUT2D eigenvalue weighted by molar-refractivity contribution is 5.87. The van der Waals surface area contributed by atoms with Gasteiger partial charge in [0.25, 0.3) is 0 Å². The fourth-order valence-electron chi connectivity index (χ4n) is 4.21. The summed E-state index contributed by atoms with van der Waals surface area (Å²) < 4.78 is 10.1. The maximum absolute atomic E-state index is 12.3. The maximum Gasteiger partial charge on any atom is 0.220 e. The van der Waals surface area contributed by atoms with Gasteiger partial charge in [-0.2, -0.15) is 0 Å². The Hall–Kier alpha value is -1.87. The molecule has 0 heterocycles. The minimum atomic E-state index is -1.79. The van der Waals surface area contributed by atoms with Crippen LogP contribution >= 0.6 is 0 Å². The number of hydrogen-bond acceptors (Lipinski definition) is 15. The highest BCUT2D eigenvalue weighted by Crippen LogP contribution is 2.11. The highest BCUT2D eigenvalue weighted by atomic mass is 16.6. The number of hydrogen-bond donors (Lipinski definition) is 12. The molecule has 0 saturated heterocycles. The maximum atomic E-state index is 12.3. The van der Waals surface area contributed by atoms with Crippen molar-refractivity contribution >= 4 is 17.6 Å². The van der Waals surface area contributed by atoms with Gasteiger partial charge in [0, 0.05) is 45.8 Å².